The Hall–Kier alpha value is -0.870. The number of hydrogen-bond donors (Lipinski definition) is 1. The number of halogens is 1. The summed E-state index contributed by atoms with van der Waals surface area (Å²) in [4.78, 5) is 13.9. The molecule has 1 amide bonds. The number of carbonyl (C=O) groups is 1. The molecule has 0 radical (unpaired) electrons. The number of hydrogen-bond acceptors (Lipinski definition) is 2. The maximum absolute atomic E-state index is 12.1. The molecule has 1 aliphatic rings. The molecule has 1 aromatic carbocycles. The molecule has 1 aliphatic carbocycles. The smallest absolute Gasteiger partial charge is 0.242 e. The number of carbonyl (C=O) groups excluding carboxylic acids is 1. The normalized spacial score (nSPS) is 17.4. The first-order valence-corrected chi connectivity index (χ1v) is 6.60. The van der Waals surface area contributed by atoms with Crippen LogP contribution >= 0.6 is 15.9 Å². The van der Waals surface area contributed by atoms with Crippen molar-refractivity contribution >= 4 is 21.8 Å². The molecule has 0 heterocycles. The van der Waals surface area contributed by atoms with E-state index < -0.39 is 5.54 Å². The number of benzene rings is 1. The Balaban J connectivity index is 2.04. The lowest BCUT2D eigenvalue weighted by molar-refractivity contribution is -0.139. The molecular formula is C13H17BrN2O. The van der Waals surface area contributed by atoms with E-state index >= 15 is 0 Å². The Morgan fingerprint density at radius 1 is 1.47 bits per heavy atom. The zero-order valence-electron chi connectivity index (χ0n) is 9.95. The summed E-state index contributed by atoms with van der Waals surface area (Å²) in [6.45, 7) is 0.596. The van der Waals surface area contributed by atoms with Crippen molar-refractivity contribution in [3.05, 3.63) is 34.3 Å². The third-order valence-corrected chi connectivity index (χ3v) is 4.16. The summed E-state index contributed by atoms with van der Waals surface area (Å²) in [6.07, 6.45) is 2.68. The fourth-order valence-corrected chi connectivity index (χ4v) is 2.52. The van der Waals surface area contributed by atoms with Gasteiger partial charge in [-0.1, -0.05) is 34.1 Å². The molecular weight excluding hydrogens is 280 g/mol. The van der Waals surface area contributed by atoms with Crippen LogP contribution in [0.25, 0.3) is 0 Å². The Labute approximate surface area is 110 Å². The maximum Gasteiger partial charge on any atom is 0.242 e. The summed E-state index contributed by atoms with van der Waals surface area (Å²) in [5.41, 5.74) is 6.54. The number of nitrogens with two attached hydrogens (primary N) is 1. The van der Waals surface area contributed by atoms with Crippen LogP contribution in [0.2, 0.25) is 0 Å². The minimum absolute atomic E-state index is 0.0551. The second-order valence-electron chi connectivity index (χ2n) is 4.76. The van der Waals surface area contributed by atoms with Crippen molar-refractivity contribution in [3.8, 4) is 0 Å². The van der Waals surface area contributed by atoms with Gasteiger partial charge in [-0.3, -0.25) is 4.79 Å². The summed E-state index contributed by atoms with van der Waals surface area (Å²) in [7, 11) is 1.81. The second-order valence-corrected chi connectivity index (χ2v) is 5.62. The average molecular weight is 297 g/mol. The number of nitrogens with zero attached hydrogens (tertiary/aromatic N) is 1. The van der Waals surface area contributed by atoms with Crippen LogP contribution in [-0.2, 0) is 11.3 Å². The molecule has 3 nitrogen and oxygen atoms in total. The van der Waals surface area contributed by atoms with Crippen molar-refractivity contribution < 1.29 is 4.79 Å². The molecule has 4 heteroatoms. The average Bonchev–Trinajstić information content (AvgIpc) is 2.28. The van der Waals surface area contributed by atoms with Crippen molar-refractivity contribution in [2.75, 3.05) is 7.05 Å². The Bertz CT molecular complexity index is 429. The lowest BCUT2D eigenvalue weighted by Gasteiger charge is -2.39. The van der Waals surface area contributed by atoms with Gasteiger partial charge in [-0.15, -0.1) is 0 Å². The molecule has 2 rings (SSSR count). The molecule has 0 atom stereocenters. The molecule has 1 aromatic rings. The molecule has 0 bridgehead atoms. The highest BCUT2D eigenvalue weighted by molar-refractivity contribution is 9.10. The van der Waals surface area contributed by atoms with Crippen LogP contribution in [0.4, 0.5) is 0 Å². The highest BCUT2D eigenvalue weighted by atomic mass is 79.9. The highest BCUT2D eigenvalue weighted by Gasteiger charge is 2.41. The predicted molar refractivity (Wildman–Crippen MR) is 71.4 cm³/mol. The van der Waals surface area contributed by atoms with Crippen molar-refractivity contribution in [2.45, 2.75) is 31.3 Å². The van der Waals surface area contributed by atoms with E-state index in [1.807, 2.05) is 31.3 Å². The molecule has 1 fully saturated rings. The van der Waals surface area contributed by atoms with Gasteiger partial charge in [-0.2, -0.15) is 0 Å². The number of rotatable bonds is 3. The molecule has 0 saturated heterocycles. The number of likely N-dealkylation sites (N-methyl/N-ethyl adjacent to an activating group) is 1. The van der Waals surface area contributed by atoms with Gasteiger partial charge in [0.2, 0.25) is 5.91 Å². The van der Waals surface area contributed by atoms with Crippen molar-refractivity contribution in [1.29, 1.82) is 0 Å². The van der Waals surface area contributed by atoms with Gasteiger partial charge in [0, 0.05) is 18.1 Å². The first kappa shape index (κ1) is 12.6. The van der Waals surface area contributed by atoms with E-state index in [0.717, 1.165) is 29.3 Å². The Kier molecular flexibility index (Phi) is 3.54. The zero-order chi connectivity index (χ0) is 12.5. The van der Waals surface area contributed by atoms with Gasteiger partial charge in [0.15, 0.2) is 0 Å². The van der Waals surface area contributed by atoms with Crippen LogP contribution in [-0.4, -0.2) is 23.4 Å². The van der Waals surface area contributed by atoms with Gasteiger partial charge in [0.1, 0.15) is 0 Å². The molecule has 92 valence electrons. The van der Waals surface area contributed by atoms with E-state index in [1.54, 1.807) is 4.90 Å². The topological polar surface area (TPSA) is 46.3 Å². The van der Waals surface area contributed by atoms with Gasteiger partial charge in [-0.05, 0) is 30.9 Å². The molecule has 17 heavy (non-hydrogen) atoms. The van der Waals surface area contributed by atoms with Crippen LogP contribution < -0.4 is 5.73 Å². The van der Waals surface area contributed by atoms with Crippen LogP contribution in [0.3, 0.4) is 0 Å². The Morgan fingerprint density at radius 3 is 2.65 bits per heavy atom. The minimum atomic E-state index is -0.601. The third kappa shape index (κ3) is 2.53. The molecule has 0 spiro atoms. The van der Waals surface area contributed by atoms with E-state index in [9.17, 15) is 4.79 Å². The van der Waals surface area contributed by atoms with E-state index in [2.05, 4.69) is 15.9 Å². The van der Waals surface area contributed by atoms with E-state index in [0.29, 0.717) is 6.54 Å². The summed E-state index contributed by atoms with van der Waals surface area (Å²) >= 11 is 3.49. The van der Waals surface area contributed by atoms with Crippen molar-refractivity contribution in [1.82, 2.24) is 4.90 Å². The molecule has 2 N–H and O–H groups in total. The summed E-state index contributed by atoms with van der Waals surface area (Å²) in [5, 5.41) is 0. The fraction of sp³-hybridized carbons (Fsp3) is 0.462. The lowest BCUT2D eigenvalue weighted by Crippen LogP contribution is -2.58. The largest absolute Gasteiger partial charge is 0.340 e. The highest BCUT2D eigenvalue weighted by Crippen LogP contribution is 2.31. The first-order valence-electron chi connectivity index (χ1n) is 5.81. The summed E-state index contributed by atoms with van der Waals surface area (Å²) in [6, 6.07) is 7.93. The first-order chi connectivity index (χ1) is 8.03. The second kappa shape index (κ2) is 4.78. The van der Waals surface area contributed by atoms with Gasteiger partial charge in [0.25, 0.3) is 0 Å². The summed E-state index contributed by atoms with van der Waals surface area (Å²) in [5.74, 6) is 0.0551. The predicted octanol–water partition coefficient (Wildman–Crippen LogP) is 2.29. The van der Waals surface area contributed by atoms with Crippen LogP contribution in [0.5, 0.6) is 0 Å². The molecule has 1 saturated carbocycles. The van der Waals surface area contributed by atoms with E-state index in [-0.39, 0.29) is 5.91 Å². The van der Waals surface area contributed by atoms with Crippen LogP contribution in [0, 0.1) is 0 Å². The Morgan fingerprint density at radius 2 is 2.12 bits per heavy atom. The number of amides is 1. The minimum Gasteiger partial charge on any atom is -0.340 e. The molecule has 0 unspecified atom stereocenters. The van der Waals surface area contributed by atoms with Gasteiger partial charge in [0.05, 0.1) is 5.54 Å². The zero-order valence-corrected chi connectivity index (χ0v) is 11.5. The van der Waals surface area contributed by atoms with Crippen molar-refractivity contribution in [2.24, 2.45) is 5.73 Å². The van der Waals surface area contributed by atoms with Crippen LogP contribution in [0.1, 0.15) is 24.8 Å². The van der Waals surface area contributed by atoms with Crippen molar-refractivity contribution in [3.63, 3.8) is 0 Å². The lowest BCUT2D eigenvalue weighted by atomic mass is 9.76. The SMILES string of the molecule is CN(Cc1ccccc1Br)C(=O)C1(N)CCC1. The third-order valence-electron chi connectivity index (χ3n) is 3.38. The molecule has 0 aromatic heterocycles. The maximum atomic E-state index is 12.1. The van der Waals surface area contributed by atoms with E-state index in [4.69, 9.17) is 5.73 Å². The van der Waals surface area contributed by atoms with Gasteiger partial charge in [-0.25, -0.2) is 0 Å². The monoisotopic (exact) mass is 296 g/mol. The van der Waals surface area contributed by atoms with Gasteiger partial charge < -0.3 is 10.6 Å². The van der Waals surface area contributed by atoms with Crippen LogP contribution in [0.15, 0.2) is 28.7 Å². The quantitative estimate of drug-likeness (QED) is 0.930. The fourth-order valence-electron chi connectivity index (χ4n) is 2.11. The van der Waals surface area contributed by atoms with E-state index in [1.165, 1.54) is 0 Å². The molecule has 0 aliphatic heterocycles. The standard InChI is InChI=1S/C13H17BrN2O/c1-16(12(17)13(15)7-4-8-13)9-10-5-2-3-6-11(10)14/h2-3,5-6H,4,7-9,15H2,1H3. The van der Waals surface area contributed by atoms with Gasteiger partial charge >= 0.3 is 0 Å². The summed E-state index contributed by atoms with van der Waals surface area (Å²) < 4.78 is 1.03.